The van der Waals surface area contributed by atoms with Crippen LogP contribution in [0.2, 0.25) is 0 Å². The Morgan fingerprint density at radius 3 is 2.84 bits per heavy atom. The average molecular weight is 284 g/mol. The van der Waals surface area contributed by atoms with E-state index in [2.05, 4.69) is 14.9 Å². The molecule has 0 N–H and O–H groups in total. The number of carbonyl (C=O) groups is 1. The normalized spacial score (nSPS) is 10.5. The van der Waals surface area contributed by atoms with E-state index in [1.54, 1.807) is 11.5 Å². The first-order valence-electron chi connectivity index (χ1n) is 5.43. The van der Waals surface area contributed by atoms with Crippen LogP contribution < -0.4 is 0 Å². The first-order valence-corrected chi connectivity index (χ1v) is 5.97. The summed E-state index contributed by atoms with van der Waals surface area (Å²) in [6.45, 7) is 1.72. The monoisotopic (exact) mass is 283 g/mol. The molecule has 1 aromatic heterocycles. The van der Waals surface area contributed by atoms with Gasteiger partial charge in [-0.15, -0.1) is 21.8 Å². The Labute approximate surface area is 114 Å². The number of alkyl halides is 1. The molecule has 7 heteroatoms. The van der Waals surface area contributed by atoms with Crippen LogP contribution in [0.25, 0.3) is 5.69 Å². The van der Waals surface area contributed by atoms with E-state index in [0.29, 0.717) is 17.3 Å². The Hall–Kier alpha value is -1.95. The van der Waals surface area contributed by atoms with Gasteiger partial charge in [-0.25, -0.2) is 9.18 Å². The zero-order valence-electron chi connectivity index (χ0n) is 10.4. The van der Waals surface area contributed by atoms with Crippen LogP contribution in [0, 0.1) is 12.7 Å². The maximum atomic E-state index is 13.3. The molecule has 0 fully saturated rings. The summed E-state index contributed by atoms with van der Waals surface area (Å²) in [6.07, 6.45) is 0. The summed E-state index contributed by atoms with van der Waals surface area (Å²) in [5, 5.41) is 7.79. The Morgan fingerprint density at radius 2 is 2.21 bits per heavy atom. The van der Waals surface area contributed by atoms with Crippen molar-refractivity contribution in [2.24, 2.45) is 0 Å². The lowest BCUT2D eigenvalue weighted by Crippen LogP contribution is -2.11. The van der Waals surface area contributed by atoms with Gasteiger partial charge in [0, 0.05) is 0 Å². The van der Waals surface area contributed by atoms with Crippen molar-refractivity contribution in [3.63, 3.8) is 0 Å². The molecule has 2 rings (SSSR count). The molecule has 0 saturated carbocycles. The van der Waals surface area contributed by atoms with Crippen molar-refractivity contribution >= 4 is 17.6 Å². The molecular weight excluding hydrogens is 273 g/mol. The summed E-state index contributed by atoms with van der Waals surface area (Å²) in [5.74, 6) is -0.0208. The maximum absolute atomic E-state index is 13.3. The molecule has 2 aromatic rings. The fraction of sp³-hybridized carbons (Fsp3) is 0.250. The number of hydrogen-bond donors (Lipinski definition) is 0. The van der Waals surface area contributed by atoms with Gasteiger partial charge in [-0.3, -0.25) is 4.57 Å². The molecule has 0 unspecified atom stereocenters. The molecule has 0 aliphatic carbocycles. The first kappa shape index (κ1) is 13.5. The summed E-state index contributed by atoms with van der Waals surface area (Å²) in [5.41, 5.74) is 0.531. The van der Waals surface area contributed by atoms with Gasteiger partial charge < -0.3 is 4.74 Å². The molecule has 0 spiro atoms. The van der Waals surface area contributed by atoms with Crippen LogP contribution in [-0.2, 0) is 10.6 Å². The summed E-state index contributed by atoms with van der Waals surface area (Å²) in [4.78, 5) is 11.7. The number of aryl methyl sites for hydroxylation is 1. The number of benzene rings is 1. The number of methoxy groups -OCH3 is 1. The lowest BCUT2D eigenvalue weighted by Gasteiger charge is -2.11. The minimum Gasteiger partial charge on any atom is -0.465 e. The van der Waals surface area contributed by atoms with E-state index in [1.165, 1.54) is 19.2 Å². The number of nitrogens with zero attached hydrogens (tertiary/aromatic N) is 3. The molecule has 19 heavy (non-hydrogen) atoms. The van der Waals surface area contributed by atoms with Gasteiger partial charge in [-0.2, -0.15) is 0 Å². The van der Waals surface area contributed by atoms with E-state index in [-0.39, 0.29) is 11.4 Å². The Kier molecular flexibility index (Phi) is 3.80. The van der Waals surface area contributed by atoms with Crippen LogP contribution in [-0.4, -0.2) is 27.8 Å². The topological polar surface area (TPSA) is 57.0 Å². The number of hydrogen-bond acceptors (Lipinski definition) is 4. The SMILES string of the molecule is COC(=O)c1cc(F)ccc1-n1c(C)nnc1CCl. The highest BCUT2D eigenvalue weighted by atomic mass is 35.5. The molecule has 1 aromatic carbocycles. The second-order valence-corrected chi connectivity index (χ2v) is 4.05. The summed E-state index contributed by atoms with van der Waals surface area (Å²) in [7, 11) is 1.23. The van der Waals surface area contributed by atoms with Gasteiger partial charge in [0.1, 0.15) is 11.6 Å². The van der Waals surface area contributed by atoms with Crippen LogP contribution in [0.4, 0.5) is 4.39 Å². The van der Waals surface area contributed by atoms with E-state index in [0.717, 1.165) is 6.07 Å². The molecule has 0 amide bonds. The summed E-state index contributed by atoms with van der Waals surface area (Å²) in [6, 6.07) is 3.83. The third-order valence-corrected chi connectivity index (χ3v) is 2.86. The molecular formula is C12H11ClFN3O2. The van der Waals surface area contributed by atoms with Crippen LogP contribution in [0.15, 0.2) is 18.2 Å². The van der Waals surface area contributed by atoms with Crippen LogP contribution in [0.3, 0.4) is 0 Å². The first-order chi connectivity index (χ1) is 9.08. The van der Waals surface area contributed by atoms with Crippen molar-refractivity contribution in [1.82, 2.24) is 14.8 Å². The lowest BCUT2D eigenvalue weighted by molar-refractivity contribution is 0.0600. The predicted octanol–water partition coefficient (Wildman–Crippen LogP) is 2.24. The van der Waals surface area contributed by atoms with Gasteiger partial charge in [-0.05, 0) is 25.1 Å². The van der Waals surface area contributed by atoms with E-state index in [1.807, 2.05) is 0 Å². The van der Waals surface area contributed by atoms with E-state index in [9.17, 15) is 9.18 Å². The van der Waals surface area contributed by atoms with Crippen molar-refractivity contribution < 1.29 is 13.9 Å². The van der Waals surface area contributed by atoms with Gasteiger partial charge in [0.15, 0.2) is 5.82 Å². The Balaban J connectivity index is 2.68. The molecule has 5 nitrogen and oxygen atoms in total. The van der Waals surface area contributed by atoms with E-state index >= 15 is 0 Å². The molecule has 0 bridgehead atoms. The number of carbonyl (C=O) groups excluding carboxylic acids is 1. The Morgan fingerprint density at radius 1 is 1.47 bits per heavy atom. The fourth-order valence-corrected chi connectivity index (χ4v) is 1.96. The molecule has 0 radical (unpaired) electrons. The van der Waals surface area contributed by atoms with Gasteiger partial charge in [0.2, 0.25) is 0 Å². The van der Waals surface area contributed by atoms with Crippen molar-refractivity contribution in [2.45, 2.75) is 12.8 Å². The maximum Gasteiger partial charge on any atom is 0.340 e. The molecule has 0 aliphatic rings. The standard InChI is InChI=1S/C12H11ClFN3O2/c1-7-15-16-11(6-13)17(7)10-4-3-8(14)5-9(10)12(18)19-2/h3-5H,6H2,1-2H3. The number of rotatable bonds is 3. The minimum atomic E-state index is -0.636. The molecule has 0 saturated heterocycles. The highest BCUT2D eigenvalue weighted by molar-refractivity contribution is 6.16. The van der Waals surface area contributed by atoms with Crippen molar-refractivity contribution in [1.29, 1.82) is 0 Å². The smallest absolute Gasteiger partial charge is 0.340 e. The summed E-state index contributed by atoms with van der Waals surface area (Å²) >= 11 is 5.78. The van der Waals surface area contributed by atoms with Crippen LogP contribution >= 0.6 is 11.6 Å². The third-order valence-electron chi connectivity index (χ3n) is 2.62. The van der Waals surface area contributed by atoms with Gasteiger partial charge in [0.05, 0.1) is 24.2 Å². The van der Waals surface area contributed by atoms with E-state index < -0.39 is 11.8 Å². The summed E-state index contributed by atoms with van der Waals surface area (Å²) < 4.78 is 19.5. The van der Waals surface area contributed by atoms with Crippen molar-refractivity contribution in [3.8, 4) is 5.69 Å². The highest BCUT2D eigenvalue weighted by Crippen LogP contribution is 2.21. The van der Waals surface area contributed by atoms with Crippen molar-refractivity contribution in [3.05, 3.63) is 41.2 Å². The van der Waals surface area contributed by atoms with E-state index in [4.69, 9.17) is 11.6 Å². The number of ether oxygens (including phenoxy) is 1. The molecule has 100 valence electrons. The average Bonchev–Trinajstić information content (AvgIpc) is 2.79. The molecule has 1 heterocycles. The van der Waals surface area contributed by atoms with Crippen molar-refractivity contribution in [2.75, 3.05) is 7.11 Å². The Bertz CT molecular complexity index is 627. The van der Waals surface area contributed by atoms with Gasteiger partial charge in [-0.1, -0.05) is 0 Å². The number of esters is 1. The second-order valence-electron chi connectivity index (χ2n) is 3.79. The quantitative estimate of drug-likeness (QED) is 0.640. The fourth-order valence-electron chi connectivity index (χ4n) is 1.78. The number of aromatic nitrogens is 3. The molecule has 0 atom stereocenters. The molecule has 0 aliphatic heterocycles. The highest BCUT2D eigenvalue weighted by Gasteiger charge is 2.18. The second kappa shape index (κ2) is 5.36. The lowest BCUT2D eigenvalue weighted by atomic mass is 10.1. The zero-order valence-corrected chi connectivity index (χ0v) is 11.1. The van der Waals surface area contributed by atoms with Gasteiger partial charge in [0.25, 0.3) is 0 Å². The van der Waals surface area contributed by atoms with Crippen LogP contribution in [0.1, 0.15) is 22.0 Å². The zero-order chi connectivity index (χ0) is 14.0. The van der Waals surface area contributed by atoms with Gasteiger partial charge >= 0.3 is 5.97 Å². The minimum absolute atomic E-state index is 0.0942. The largest absolute Gasteiger partial charge is 0.465 e. The number of halogens is 2. The third kappa shape index (κ3) is 2.44. The predicted molar refractivity (Wildman–Crippen MR) is 67.0 cm³/mol. The van der Waals surface area contributed by atoms with Crippen LogP contribution in [0.5, 0.6) is 0 Å².